The number of carboxylic acid groups (broad SMARTS) is 1. The van der Waals surface area contributed by atoms with Crippen molar-refractivity contribution in [2.24, 2.45) is 5.92 Å². The second-order valence-corrected chi connectivity index (χ2v) is 10.1. The summed E-state index contributed by atoms with van der Waals surface area (Å²) in [5.74, 6) is -2.04. The summed E-state index contributed by atoms with van der Waals surface area (Å²) in [6.07, 6.45) is 1.01. The van der Waals surface area contributed by atoms with Crippen LogP contribution in [0.1, 0.15) is 24.6 Å². The maximum atomic E-state index is 13.3. The van der Waals surface area contributed by atoms with E-state index in [1.54, 1.807) is 24.3 Å². The number of nitrogens with one attached hydrogen (secondary N) is 1. The molecule has 0 bridgehead atoms. The number of benzene rings is 2. The largest absolute Gasteiger partial charge is 0.480 e. The molecule has 8 nitrogen and oxygen atoms in total. The number of hydrogen-bond acceptors (Lipinski definition) is 5. The molecule has 3 aromatic rings. The maximum absolute atomic E-state index is 13.3. The van der Waals surface area contributed by atoms with E-state index >= 15 is 0 Å². The van der Waals surface area contributed by atoms with Crippen molar-refractivity contribution in [3.8, 4) is 0 Å². The van der Waals surface area contributed by atoms with Gasteiger partial charge in [-0.1, -0.05) is 18.2 Å². The Hall–Kier alpha value is -3.20. The van der Waals surface area contributed by atoms with Crippen LogP contribution in [0.4, 0.5) is 5.69 Å². The van der Waals surface area contributed by atoms with Crippen LogP contribution in [0.15, 0.2) is 53.4 Å². The summed E-state index contributed by atoms with van der Waals surface area (Å²) in [5.41, 5.74) is 2.31. The van der Waals surface area contributed by atoms with E-state index in [1.807, 2.05) is 0 Å². The van der Waals surface area contributed by atoms with E-state index in [1.165, 1.54) is 31.2 Å². The van der Waals surface area contributed by atoms with Crippen molar-refractivity contribution < 1.29 is 23.2 Å². The first-order valence-corrected chi connectivity index (χ1v) is 11.0. The van der Waals surface area contributed by atoms with Crippen LogP contribution >= 0.6 is 0 Å². The summed E-state index contributed by atoms with van der Waals surface area (Å²) in [7, 11) is -4.15. The molecule has 1 aliphatic carbocycles. The molecule has 156 valence electrons. The molecule has 2 atom stereocenters. The minimum Gasteiger partial charge on any atom is -0.480 e. The highest BCUT2D eigenvalue weighted by Crippen LogP contribution is 2.42. The number of aromatic amines is 1. The predicted octanol–water partition coefficient (Wildman–Crippen LogP) is 3.50. The number of rotatable bonds is 5. The summed E-state index contributed by atoms with van der Waals surface area (Å²) >= 11 is 0. The number of non-ortho nitro benzene ring substituents is 1. The highest BCUT2D eigenvalue weighted by molar-refractivity contribution is 7.93. The number of fused-ring (bicyclic) bond motifs is 3. The van der Waals surface area contributed by atoms with Crippen LogP contribution in [0.5, 0.6) is 0 Å². The monoisotopic (exact) mass is 428 g/mol. The lowest BCUT2D eigenvalue weighted by atomic mass is 9.79. The number of aromatic nitrogens is 1. The highest BCUT2D eigenvalue weighted by atomic mass is 32.2. The Morgan fingerprint density at radius 1 is 1.23 bits per heavy atom. The molecular weight excluding hydrogens is 408 g/mol. The van der Waals surface area contributed by atoms with E-state index in [-0.39, 0.29) is 17.0 Å². The molecule has 2 N–H and O–H groups in total. The molecular formula is C21H20N2O6S. The van der Waals surface area contributed by atoms with E-state index in [2.05, 4.69) is 4.98 Å². The number of aryl methyl sites for hydroxylation is 1. The molecule has 4 rings (SSSR count). The zero-order valence-corrected chi connectivity index (χ0v) is 17.0. The van der Waals surface area contributed by atoms with Gasteiger partial charge in [-0.2, -0.15) is 0 Å². The van der Waals surface area contributed by atoms with Crippen molar-refractivity contribution in [1.82, 2.24) is 4.98 Å². The average molecular weight is 428 g/mol. The molecule has 1 heterocycles. The van der Waals surface area contributed by atoms with E-state index in [0.717, 1.165) is 16.6 Å². The van der Waals surface area contributed by atoms with Gasteiger partial charge in [0.1, 0.15) is 0 Å². The normalized spacial score (nSPS) is 18.5. The molecule has 0 spiro atoms. The Bertz CT molecular complexity index is 1270. The number of H-pyrrole nitrogens is 1. The molecule has 2 aromatic carbocycles. The van der Waals surface area contributed by atoms with E-state index in [9.17, 15) is 28.4 Å². The third kappa shape index (κ3) is 2.88. The Balaban J connectivity index is 1.77. The topological polar surface area (TPSA) is 130 Å². The zero-order valence-electron chi connectivity index (χ0n) is 16.2. The van der Waals surface area contributed by atoms with Crippen LogP contribution in [0.2, 0.25) is 0 Å². The first-order chi connectivity index (χ1) is 14.2. The van der Waals surface area contributed by atoms with Crippen LogP contribution in [0.3, 0.4) is 0 Å². The lowest BCUT2D eigenvalue weighted by Crippen LogP contribution is -2.51. The van der Waals surface area contributed by atoms with Gasteiger partial charge in [0.25, 0.3) is 5.69 Å². The molecule has 0 saturated heterocycles. The highest BCUT2D eigenvalue weighted by Gasteiger charge is 2.54. The maximum Gasteiger partial charge on any atom is 0.325 e. The molecule has 0 saturated carbocycles. The minimum atomic E-state index is -4.15. The summed E-state index contributed by atoms with van der Waals surface area (Å²) < 4.78 is 24.7. The molecule has 0 radical (unpaired) electrons. The van der Waals surface area contributed by atoms with Gasteiger partial charge in [-0.25, -0.2) is 8.42 Å². The quantitative estimate of drug-likeness (QED) is 0.472. The fourth-order valence-corrected chi connectivity index (χ4v) is 6.23. The van der Waals surface area contributed by atoms with Crippen molar-refractivity contribution in [3.05, 3.63) is 69.9 Å². The smallest absolute Gasteiger partial charge is 0.325 e. The van der Waals surface area contributed by atoms with Crippen LogP contribution in [-0.2, 0) is 27.5 Å². The Kier molecular flexibility index (Phi) is 4.65. The fraction of sp³-hybridized carbons (Fsp3) is 0.286. The molecule has 2 unspecified atom stereocenters. The number of carboxylic acids is 1. The lowest BCUT2D eigenvalue weighted by Gasteiger charge is -2.35. The molecule has 1 aromatic heterocycles. The number of hydrogen-bond donors (Lipinski definition) is 2. The molecule has 9 heteroatoms. The number of nitro groups is 1. The fourth-order valence-electron chi connectivity index (χ4n) is 4.36. The minimum absolute atomic E-state index is 0.0200. The summed E-state index contributed by atoms with van der Waals surface area (Å²) in [4.78, 5) is 26.1. The van der Waals surface area contributed by atoms with Gasteiger partial charge in [0.2, 0.25) is 0 Å². The second-order valence-electron chi connectivity index (χ2n) is 7.74. The van der Waals surface area contributed by atoms with Gasteiger partial charge in [-0.15, -0.1) is 0 Å². The molecule has 0 fully saturated rings. The van der Waals surface area contributed by atoms with Gasteiger partial charge in [-0.05, 0) is 55.9 Å². The molecule has 0 aliphatic heterocycles. The number of nitro benzene ring substituents is 1. The van der Waals surface area contributed by atoms with Crippen LogP contribution in [0, 0.1) is 16.0 Å². The van der Waals surface area contributed by atoms with Crippen molar-refractivity contribution in [3.63, 3.8) is 0 Å². The predicted molar refractivity (Wildman–Crippen MR) is 110 cm³/mol. The summed E-state index contributed by atoms with van der Waals surface area (Å²) in [5, 5.41) is 21.8. The molecule has 1 aliphatic rings. The number of aliphatic carboxylic acids is 1. The van der Waals surface area contributed by atoms with Gasteiger partial charge >= 0.3 is 5.97 Å². The first kappa shape index (κ1) is 20.1. The first-order valence-electron chi connectivity index (χ1n) is 9.47. The third-order valence-corrected chi connectivity index (χ3v) is 8.71. The van der Waals surface area contributed by atoms with Gasteiger partial charge in [0.15, 0.2) is 14.6 Å². The zero-order chi connectivity index (χ0) is 21.7. The summed E-state index contributed by atoms with van der Waals surface area (Å²) in [6, 6.07) is 12.2. The van der Waals surface area contributed by atoms with Gasteiger partial charge in [-0.3, -0.25) is 14.9 Å². The van der Waals surface area contributed by atoms with Gasteiger partial charge in [0.05, 0.1) is 9.82 Å². The van der Waals surface area contributed by atoms with Crippen molar-refractivity contribution in [2.45, 2.75) is 35.8 Å². The Morgan fingerprint density at radius 2 is 1.93 bits per heavy atom. The number of sulfone groups is 1. The molecule has 30 heavy (non-hydrogen) atoms. The van der Waals surface area contributed by atoms with Gasteiger partial charge in [0, 0.05) is 28.7 Å². The van der Waals surface area contributed by atoms with Crippen LogP contribution in [-0.4, -0.2) is 34.1 Å². The lowest BCUT2D eigenvalue weighted by molar-refractivity contribution is -0.384. The van der Waals surface area contributed by atoms with Crippen molar-refractivity contribution in [1.29, 1.82) is 0 Å². The van der Waals surface area contributed by atoms with Gasteiger partial charge < -0.3 is 10.1 Å². The van der Waals surface area contributed by atoms with E-state index < -0.39 is 31.4 Å². The average Bonchev–Trinajstić information content (AvgIpc) is 3.10. The van der Waals surface area contributed by atoms with E-state index in [0.29, 0.717) is 18.4 Å². The van der Waals surface area contributed by atoms with Crippen molar-refractivity contribution in [2.75, 3.05) is 0 Å². The van der Waals surface area contributed by atoms with E-state index in [4.69, 9.17) is 0 Å². The Labute approximate surface area is 172 Å². The number of carbonyl (C=O) groups is 1. The van der Waals surface area contributed by atoms with Crippen LogP contribution < -0.4 is 0 Å². The Morgan fingerprint density at radius 3 is 2.57 bits per heavy atom. The third-order valence-electron chi connectivity index (χ3n) is 6.20. The second kappa shape index (κ2) is 6.94. The van der Waals surface area contributed by atoms with Crippen LogP contribution in [0.25, 0.3) is 10.9 Å². The standard InChI is InChI=1S/C21H20N2O6S/c1-21(20(24)25,30(28,29)15-5-3-2-4-6-15)13-7-9-16-17-12-14(23(26)27)8-10-18(17)22-19(16)11-13/h2-6,8,10,12-13,22H,7,9,11H2,1H3,(H,24,25). The SMILES string of the molecule is CC(C(=O)O)(C1CCc2c([nH]c3ccc([N+](=O)[O-])cc23)C1)S(=O)(=O)c1ccccc1. The summed E-state index contributed by atoms with van der Waals surface area (Å²) in [6.45, 7) is 1.28. The number of nitrogens with zero attached hydrogens (tertiary/aromatic N) is 1. The molecule has 0 amide bonds. The van der Waals surface area contributed by atoms with Crippen molar-refractivity contribution >= 4 is 32.4 Å².